The first-order chi connectivity index (χ1) is 16.2. The molecule has 0 amide bonds. The zero-order chi connectivity index (χ0) is 22.2. The highest BCUT2D eigenvalue weighted by Gasteiger charge is 2.14. The number of aromatic amines is 2. The van der Waals surface area contributed by atoms with Crippen LogP contribution in [-0.4, -0.2) is 46.2 Å². The summed E-state index contributed by atoms with van der Waals surface area (Å²) in [6.45, 7) is 3.26. The lowest BCUT2D eigenvalue weighted by molar-refractivity contribution is 0.122. The van der Waals surface area contributed by atoms with Crippen LogP contribution in [0.3, 0.4) is 0 Å². The molecule has 0 aliphatic carbocycles. The van der Waals surface area contributed by atoms with Gasteiger partial charge in [-0.1, -0.05) is 0 Å². The van der Waals surface area contributed by atoms with Crippen LogP contribution in [-0.2, 0) is 4.74 Å². The fraction of sp³-hybridized carbons (Fsp3) is 0.160. The minimum absolute atomic E-state index is 0.182. The minimum atomic E-state index is -0.182. The van der Waals surface area contributed by atoms with E-state index in [4.69, 9.17) is 9.72 Å². The molecule has 33 heavy (non-hydrogen) atoms. The van der Waals surface area contributed by atoms with Crippen molar-refractivity contribution < 1.29 is 4.74 Å². The van der Waals surface area contributed by atoms with Gasteiger partial charge < -0.3 is 24.9 Å². The normalized spacial score (nSPS) is 14.1. The second-order valence-electron chi connectivity index (χ2n) is 8.04. The standard InChI is InChI=1S/C25H22N6O2/c32-25-22-16(5-8-27-25)14-21(18-13-17-6-7-26-23(17)28-15-18)30-24(22)29-19-1-3-20(4-2-19)31-9-11-33-12-10-31/h1-8,13-15H,9-12H2,(H,26,28)(H,27,32)(H,29,30). The maximum atomic E-state index is 12.7. The van der Waals surface area contributed by atoms with Gasteiger partial charge in [0.1, 0.15) is 11.5 Å². The molecule has 8 heteroatoms. The summed E-state index contributed by atoms with van der Waals surface area (Å²) in [5.74, 6) is 0.512. The molecule has 0 bridgehead atoms. The Bertz CT molecular complexity index is 1500. The van der Waals surface area contributed by atoms with Crippen LogP contribution >= 0.6 is 0 Å². The highest BCUT2D eigenvalue weighted by atomic mass is 16.5. The van der Waals surface area contributed by atoms with Gasteiger partial charge in [-0.25, -0.2) is 9.97 Å². The SMILES string of the molecule is O=c1[nH]ccc2cc(-c3cnc4[nH]ccc4c3)nc(Nc3ccc(N4CCOCC4)cc3)c12. The molecular formula is C25H22N6O2. The second-order valence-corrected chi connectivity index (χ2v) is 8.04. The number of H-pyrrole nitrogens is 2. The minimum Gasteiger partial charge on any atom is -0.378 e. The molecule has 164 valence electrons. The molecule has 0 atom stereocenters. The van der Waals surface area contributed by atoms with Crippen molar-refractivity contribution in [2.45, 2.75) is 0 Å². The molecule has 1 aliphatic rings. The quantitative estimate of drug-likeness (QED) is 0.392. The average Bonchev–Trinajstić information content (AvgIpc) is 3.33. The summed E-state index contributed by atoms with van der Waals surface area (Å²) >= 11 is 0. The van der Waals surface area contributed by atoms with Gasteiger partial charge in [-0.2, -0.15) is 0 Å². The van der Waals surface area contributed by atoms with Crippen molar-refractivity contribution in [2.75, 3.05) is 36.5 Å². The summed E-state index contributed by atoms with van der Waals surface area (Å²) in [7, 11) is 0. The average molecular weight is 438 g/mol. The van der Waals surface area contributed by atoms with Crippen LogP contribution in [0.1, 0.15) is 0 Å². The Labute approximate surface area is 189 Å². The van der Waals surface area contributed by atoms with Crippen LogP contribution in [0.2, 0.25) is 0 Å². The predicted octanol–water partition coefficient (Wildman–Crippen LogP) is 4.05. The van der Waals surface area contributed by atoms with Gasteiger partial charge in [-0.3, -0.25) is 4.79 Å². The van der Waals surface area contributed by atoms with Crippen LogP contribution in [0.25, 0.3) is 33.1 Å². The number of fused-ring (bicyclic) bond motifs is 2. The highest BCUT2D eigenvalue weighted by molar-refractivity contribution is 5.95. The van der Waals surface area contributed by atoms with Gasteiger partial charge in [0, 0.05) is 54.0 Å². The predicted molar refractivity (Wildman–Crippen MR) is 130 cm³/mol. The summed E-state index contributed by atoms with van der Waals surface area (Å²) < 4.78 is 5.44. The van der Waals surface area contributed by atoms with Crippen molar-refractivity contribution in [3.8, 4) is 11.3 Å². The molecule has 5 aromatic rings. The number of anilines is 3. The lowest BCUT2D eigenvalue weighted by Gasteiger charge is -2.28. The molecular weight excluding hydrogens is 416 g/mol. The number of ether oxygens (including phenoxy) is 1. The molecule has 8 nitrogen and oxygen atoms in total. The third-order valence-corrected chi connectivity index (χ3v) is 5.96. The smallest absolute Gasteiger partial charge is 0.259 e. The molecule has 3 N–H and O–H groups in total. The number of nitrogens with one attached hydrogen (secondary N) is 3. The van der Waals surface area contributed by atoms with Crippen molar-refractivity contribution in [3.05, 3.63) is 77.5 Å². The van der Waals surface area contributed by atoms with Crippen LogP contribution in [0.15, 0.2) is 71.9 Å². The number of pyridine rings is 3. The number of rotatable bonds is 4. The van der Waals surface area contributed by atoms with E-state index in [-0.39, 0.29) is 5.56 Å². The molecule has 5 heterocycles. The number of nitrogens with zero attached hydrogens (tertiary/aromatic N) is 3. The maximum absolute atomic E-state index is 12.7. The van der Waals surface area contributed by atoms with Crippen molar-refractivity contribution in [2.24, 2.45) is 0 Å². The number of morpholine rings is 1. The molecule has 0 saturated carbocycles. The molecule has 1 fully saturated rings. The number of hydrogen-bond donors (Lipinski definition) is 3. The van der Waals surface area contributed by atoms with E-state index in [1.54, 1.807) is 12.4 Å². The van der Waals surface area contributed by atoms with E-state index in [1.165, 1.54) is 0 Å². The Hall–Kier alpha value is -4.17. The first kappa shape index (κ1) is 19.5. The molecule has 0 radical (unpaired) electrons. The molecule has 1 saturated heterocycles. The largest absolute Gasteiger partial charge is 0.378 e. The van der Waals surface area contributed by atoms with Crippen molar-refractivity contribution >= 4 is 39.0 Å². The molecule has 4 aromatic heterocycles. The van der Waals surface area contributed by atoms with Gasteiger partial charge >= 0.3 is 0 Å². The Morgan fingerprint density at radius 1 is 0.939 bits per heavy atom. The topological polar surface area (TPSA) is 98.9 Å². The van der Waals surface area contributed by atoms with Crippen LogP contribution < -0.4 is 15.8 Å². The van der Waals surface area contributed by atoms with E-state index in [9.17, 15) is 4.79 Å². The van der Waals surface area contributed by atoms with Crippen molar-refractivity contribution in [1.29, 1.82) is 0 Å². The number of aromatic nitrogens is 4. The van der Waals surface area contributed by atoms with Gasteiger partial charge in [0.05, 0.1) is 24.3 Å². The molecule has 0 unspecified atom stereocenters. The third-order valence-electron chi connectivity index (χ3n) is 5.96. The van der Waals surface area contributed by atoms with Gasteiger partial charge in [-0.15, -0.1) is 0 Å². The second kappa shape index (κ2) is 8.07. The number of benzene rings is 1. The number of hydrogen-bond acceptors (Lipinski definition) is 6. The Morgan fingerprint density at radius 3 is 2.58 bits per heavy atom. The zero-order valence-corrected chi connectivity index (χ0v) is 17.8. The summed E-state index contributed by atoms with van der Waals surface area (Å²) in [5.41, 5.74) is 4.29. The van der Waals surface area contributed by atoms with E-state index in [0.29, 0.717) is 11.2 Å². The first-order valence-corrected chi connectivity index (χ1v) is 10.9. The molecule has 1 aliphatic heterocycles. The van der Waals surface area contributed by atoms with E-state index in [2.05, 4.69) is 37.3 Å². The summed E-state index contributed by atoms with van der Waals surface area (Å²) in [6, 6.07) is 16.0. The molecule has 0 spiro atoms. The van der Waals surface area contributed by atoms with Gasteiger partial charge in [0.15, 0.2) is 0 Å². The van der Waals surface area contributed by atoms with Gasteiger partial charge in [0.2, 0.25) is 0 Å². The van der Waals surface area contributed by atoms with E-state index >= 15 is 0 Å². The lowest BCUT2D eigenvalue weighted by Crippen LogP contribution is -2.36. The van der Waals surface area contributed by atoms with Gasteiger partial charge in [0.25, 0.3) is 5.56 Å². The van der Waals surface area contributed by atoms with Crippen molar-refractivity contribution in [1.82, 2.24) is 19.9 Å². The van der Waals surface area contributed by atoms with Crippen molar-refractivity contribution in [3.63, 3.8) is 0 Å². The third kappa shape index (κ3) is 3.70. The summed E-state index contributed by atoms with van der Waals surface area (Å²) in [6.07, 6.45) is 5.31. The monoisotopic (exact) mass is 438 g/mol. The van der Waals surface area contributed by atoms with E-state index in [0.717, 1.165) is 65.4 Å². The van der Waals surface area contributed by atoms with E-state index in [1.807, 2.05) is 42.6 Å². The highest BCUT2D eigenvalue weighted by Crippen LogP contribution is 2.29. The van der Waals surface area contributed by atoms with Crippen LogP contribution in [0.4, 0.5) is 17.2 Å². The van der Waals surface area contributed by atoms with Crippen LogP contribution in [0.5, 0.6) is 0 Å². The zero-order valence-electron chi connectivity index (χ0n) is 17.8. The first-order valence-electron chi connectivity index (χ1n) is 10.9. The van der Waals surface area contributed by atoms with Crippen LogP contribution in [0, 0.1) is 0 Å². The lowest BCUT2D eigenvalue weighted by atomic mass is 10.1. The summed E-state index contributed by atoms with van der Waals surface area (Å²) in [5, 5.41) is 5.70. The fourth-order valence-corrected chi connectivity index (χ4v) is 4.25. The Kier molecular flexibility index (Phi) is 4.77. The summed E-state index contributed by atoms with van der Waals surface area (Å²) in [4.78, 5) is 30.1. The Morgan fingerprint density at radius 2 is 1.73 bits per heavy atom. The maximum Gasteiger partial charge on any atom is 0.259 e. The fourth-order valence-electron chi connectivity index (χ4n) is 4.25. The van der Waals surface area contributed by atoms with E-state index < -0.39 is 0 Å². The Balaban J connectivity index is 1.39. The van der Waals surface area contributed by atoms with Gasteiger partial charge in [-0.05, 0) is 53.9 Å². The molecule has 6 rings (SSSR count). The molecule has 1 aromatic carbocycles.